The number of benzene rings is 2. The van der Waals surface area contributed by atoms with Gasteiger partial charge in [0.25, 0.3) is 0 Å². The number of rotatable bonds is 1. The fourth-order valence-electron chi connectivity index (χ4n) is 1.36. The molecule has 0 bridgehead atoms. The SMILES string of the molecule is Fc1[c]cc(F)c(-c2ccc(Cl)cc2F)c1. The molecule has 0 spiro atoms. The third-order valence-electron chi connectivity index (χ3n) is 2.09. The zero-order valence-electron chi connectivity index (χ0n) is 7.90. The van der Waals surface area contributed by atoms with Crippen LogP contribution in [-0.2, 0) is 0 Å². The van der Waals surface area contributed by atoms with Gasteiger partial charge in [-0.05, 0) is 30.3 Å². The van der Waals surface area contributed by atoms with Crippen molar-refractivity contribution in [2.24, 2.45) is 0 Å². The minimum absolute atomic E-state index is 0.0326. The van der Waals surface area contributed by atoms with Crippen molar-refractivity contribution in [3.05, 3.63) is 58.9 Å². The van der Waals surface area contributed by atoms with Gasteiger partial charge in [-0.2, -0.15) is 0 Å². The second-order valence-electron chi connectivity index (χ2n) is 3.17. The third kappa shape index (κ3) is 2.04. The minimum atomic E-state index is -0.745. The predicted molar refractivity (Wildman–Crippen MR) is 55.6 cm³/mol. The zero-order chi connectivity index (χ0) is 11.7. The van der Waals surface area contributed by atoms with Crippen molar-refractivity contribution in [1.82, 2.24) is 0 Å². The molecule has 2 aromatic carbocycles. The molecule has 0 N–H and O–H groups in total. The summed E-state index contributed by atoms with van der Waals surface area (Å²) in [6.45, 7) is 0. The average molecular weight is 242 g/mol. The molecule has 0 atom stereocenters. The first-order valence-electron chi connectivity index (χ1n) is 4.40. The van der Waals surface area contributed by atoms with Gasteiger partial charge in [0.15, 0.2) is 0 Å². The number of hydrogen-bond acceptors (Lipinski definition) is 0. The molecule has 1 radical (unpaired) electrons. The van der Waals surface area contributed by atoms with E-state index in [1.54, 1.807) is 0 Å². The smallest absolute Gasteiger partial charge is 0.132 e. The molecule has 0 aliphatic carbocycles. The van der Waals surface area contributed by atoms with E-state index in [9.17, 15) is 13.2 Å². The van der Waals surface area contributed by atoms with Crippen LogP contribution < -0.4 is 0 Å². The highest BCUT2D eigenvalue weighted by Crippen LogP contribution is 2.27. The van der Waals surface area contributed by atoms with Crippen LogP contribution in [0, 0.1) is 23.5 Å². The van der Waals surface area contributed by atoms with Crippen LogP contribution in [0.1, 0.15) is 0 Å². The lowest BCUT2D eigenvalue weighted by Gasteiger charge is -2.05. The standard InChI is InChI=1S/C12H5ClF3/c13-7-1-3-9(12(16)5-7)10-6-8(14)2-4-11(10)15/h1,3-6H. The Morgan fingerprint density at radius 1 is 0.938 bits per heavy atom. The summed E-state index contributed by atoms with van der Waals surface area (Å²) in [6, 6.07) is 7.53. The van der Waals surface area contributed by atoms with Gasteiger partial charge < -0.3 is 0 Å². The van der Waals surface area contributed by atoms with Gasteiger partial charge in [-0.3, -0.25) is 0 Å². The molecule has 0 heterocycles. The Hall–Kier alpha value is -1.48. The van der Waals surface area contributed by atoms with Crippen molar-refractivity contribution >= 4 is 11.6 Å². The lowest BCUT2D eigenvalue weighted by molar-refractivity contribution is 0.596. The van der Waals surface area contributed by atoms with Gasteiger partial charge in [-0.1, -0.05) is 11.6 Å². The van der Waals surface area contributed by atoms with Gasteiger partial charge >= 0.3 is 0 Å². The van der Waals surface area contributed by atoms with Crippen molar-refractivity contribution < 1.29 is 13.2 Å². The summed E-state index contributed by atoms with van der Waals surface area (Å²) in [6.07, 6.45) is 0. The van der Waals surface area contributed by atoms with Crippen LogP contribution in [0.3, 0.4) is 0 Å². The van der Waals surface area contributed by atoms with Crippen LogP contribution in [0.2, 0.25) is 5.02 Å². The Labute approximate surface area is 95.3 Å². The number of hydrogen-bond donors (Lipinski definition) is 0. The Morgan fingerprint density at radius 3 is 2.38 bits per heavy atom. The maximum absolute atomic E-state index is 13.5. The van der Waals surface area contributed by atoms with E-state index in [0.29, 0.717) is 0 Å². The molecular formula is C12H5ClF3. The lowest BCUT2D eigenvalue weighted by atomic mass is 10.0. The van der Waals surface area contributed by atoms with Crippen LogP contribution in [0.15, 0.2) is 30.3 Å². The molecule has 0 nitrogen and oxygen atoms in total. The van der Waals surface area contributed by atoms with E-state index < -0.39 is 17.5 Å². The fourth-order valence-corrected chi connectivity index (χ4v) is 1.52. The molecule has 16 heavy (non-hydrogen) atoms. The van der Waals surface area contributed by atoms with Crippen LogP contribution >= 0.6 is 11.6 Å². The van der Waals surface area contributed by atoms with E-state index in [1.807, 2.05) is 0 Å². The summed E-state index contributed by atoms with van der Waals surface area (Å²) >= 11 is 5.56. The Balaban J connectivity index is 2.62. The molecule has 0 fully saturated rings. The second-order valence-corrected chi connectivity index (χ2v) is 3.60. The average Bonchev–Trinajstić information content (AvgIpc) is 2.22. The highest BCUT2D eigenvalue weighted by Gasteiger charge is 2.11. The van der Waals surface area contributed by atoms with Crippen molar-refractivity contribution in [3.63, 3.8) is 0 Å². The Bertz CT molecular complexity index is 538. The summed E-state index contributed by atoms with van der Waals surface area (Å²) in [5.41, 5.74) is -0.180. The van der Waals surface area contributed by atoms with Crippen molar-refractivity contribution in [2.75, 3.05) is 0 Å². The molecule has 4 heteroatoms. The molecule has 0 aromatic heterocycles. The molecule has 2 aromatic rings. The van der Waals surface area contributed by atoms with Crippen molar-refractivity contribution in [2.45, 2.75) is 0 Å². The normalized spacial score (nSPS) is 10.5. The molecule has 0 amide bonds. The molecule has 2 rings (SSSR count). The molecule has 81 valence electrons. The second kappa shape index (κ2) is 4.18. The Morgan fingerprint density at radius 2 is 1.69 bits per heavy atom. The number of halogens is 4. The van der Waals surface area contributed by atoms with Gasteiger partial charge in [0.2, 0.25) is 0 Å². The van der Waals surface area contributed by atoms with Crippen LogP contribution in [0.5, 0.6) is 0 Å². The van der Waals surface area contributed by atoms with Gasteiger partial charge in [0.1, 0.15) is 17.5 Å². The maximum Gasteiger partial charge on any atom is 0.132 e. The summed E-state index contributed by atoms with van der Waals surface area (Å²) in [5.74, 6) is -2.18. The van der Waals surface area contributed by atoms with Crippen LogP contribution in [0.25, 0.3) is 11.1 Å². The Kier molecular flexibility index (Phi) is 2.88. The molecule has 0 aliphatic heterocycles. The van der Waals surface area contributed by atoms with Crippen LogP contribution in [0.4, 0.5) is 13.2 Å². The summed E-state index contributed by atoms with van der Waals surface area (Å²) in [5, 5.41) is 0.199. The predicted octanol–water partition coefficient (Wildman–Crippen LogP) is 4.22. The first-order valence-corrected chi connectivity index (χ1v) is 4.78. The zero-order valence-corrected chi connectivity index (χ0v) is 8.65. The maximum atomic E-state index is 13.5. The van der Waals surface area contributed by atoms with Crippen molar-refractivity contribution in [3.8, 4) is 11.1 Å². The van der Waals surface area contributed by atoms with E-state index >= 15 is 0 Å². The molecule has 0 saturated carbocycles. The van der Waals surface area contributed by atoms with Gasteiger partial charge in [-0.25, -0.2) is 13.2 Å². The lowest BCUT2D eigenvalue weighted by Crippen LogP contribution is -1.90. The molecular weight excluding hydrogens is 237 g/mol. The van der Waals surface area contributed by atoms with E-state index in [4.69, 9.17) is 11.6 Å². The summed E-state index contributed by atoms with van der Waals surface area (Å²) < 4.78 is 39.7. The highest BCUT2D eigenvalue weighted by atomic mass is 35.5. The first-order chi connectivity index (χ1) is 7.58. The minimum Gasteiger partial charge on any atom is -0.206 e. The molecule has 0 unspecified atom stereocenters. The summed E-state index contributed by atoms with van der Waals surface area (Å²) in [7, 11) is 0. The first kappa shape index (κ1) is 11.0. The van der Waals surface area contributed by atoms with Gasteiger partial charge in [0.05, 0.1) is 0 Å². The van der Waals surface area contributed by atoms with E-state index in [0.717, 1.165) is 18.2 Å². The molecule has 0 aliphatic rings. The van der Waals surface area contributed by atoms with E-state index in [-0.39, 0.29) is 16.1 Å². The van der Waals surface area contributed by atoms with E-state index in [1.165, 1.54) is 12.1 Å². The van der Waals surface area contributed by atoms with Crippen molar-refractivity contribution in [1.29, 1.82) is 0 Å². The highest BCUT2D eigenvalue weighted by molar-refractivity contribution is 6.30. The fraction of sp³-hybridized carbons (Fsp3) is 0. The van der Waals surface area contributed by atoms with E-state index in [2.05, 4.69) is 6.07 Å². The monoisotopic (exact) mass is 241 g/mol. The van der Waals surface area contributed by atoms with Crippen LogP contribution in [-0.4, -0.2) is 0 Å². The summed E-state index contributed by atoms with van der Waals surface area (Å²) in [4.78, 5) is 0. The largest absolute Gasteiger partial charge is 0.206 e. The molecule has 0 saturated heterocycles. The van der Waals surface area contributed by atoms with Gasteiger partial charge in [0, 0.05) is 22.2 Å². The quantitative estimate of drug-likeness (QED) is 0.701. The topological polar surface area (TPSA) is 0 Å². The van der Waals surface area contributed by atoms with Gasteiger partial charge in [-0.15, -0.1) is 0 Å². The third-order valence-corrected chi connectivity index (χ3v) is 2.32.